The molecule has 0 spiro atoms. The van der Waals surface area contributed by atoms with Crippen molar-refractivity contribution in [2.24, 2.45) is 0 Å². The van der Waals surface area contributed by atoms with Gasteiger partial charge in [-0.2, -0.15) is 0 Å². The largest absolute Gasteiger partial charge is 0.496 e. The van der Waals surface area contributed by atoms with Crippen LogP contribution in [0.25, 0.3) is 0 Å². The van der Waals surface area contributed by atoms with Crippen LogP contribution in [0.2, 0.25) is 0 Å². The van der Waals surface area contributed by atoms with Crippen molar-refractivity contribution in [3.05, 3.63) is 64.7 Å². The second-order valence-electron chi connectivity index (χ2n) is 4.87. The zero-order chi connectivity index (χ0) is 14.4. The van der Waals surface area contributed by atoms with Crippen molar-refractivity contribution >= 4 is 11.6 Å². The van der Waals surface area contributed by atoms with E-state index in [-0.39, 0.29) is 0 Å². The van der Waals surface area contributed by atoms with Crippen LogP contribution in [-0.4, -0.2) is 7.11 Å². The molecule has 0 radical (unpaired) electrons. The van der Waals surface area contributed by atoms with E-state index in [0.29, 0.717) is 5.88 Å². The van der Waals surface area contributed by atoms with Gasteiger partial charge in [-0.1, -0.05) is 42.0 Å². The van der Waals surface area contributed by atoms with E-state index in [9.17, 15) is 0 Å². The Labute approximate surface area is 125 Å². The van der Waals surface area contributed by atoms with Gasteiger partial charge in [0.1, 0.15) is 5.75 Å². The van der Waals surface area contributed by atoms with Gasteiger partial charge in [0.05, 0.1) is 7.11 Å². The summed E-state index contributed by atoms with van der Waals surface area (Å²) in [6.07, 6.45) is 0. The molecule has 0 aliphatic carbocycles. The summed E-state index contributed by atoms with van der Waals surface area (Å²) in [7, 11) is 1.71. The lowest BCUT2D eigenvalue weighted by Gasteiger charge is -2.11. The molecule has 2 aromatic rings. The predicted molar refractivity (Wildman–Crippen MR) is 84.3 cm³/mol. The smallest absolute Gasteiger partial charge is 0.123 e. The molecular formula is C17H20ClNO. The van der Waals surface area contributed by atoms with Crippen LogP contribution >= 0.6 is 11.6 Å². The number of aryl methyl sites for hydroxylation is 1. The number of rotatable bonds is 6. The Kier molecular flexibility index (Phi) is 5.45. The van der Waals surface area contributed by atoms with Gasteiger partial charge in [-0.3, -0.25) is 0 Å². The first-order chi connectivity index (χ1) is 9.72. The van der Waals surface area contributed by atoms with Gasteiger partial charge in [0, 0.05) is 24.5 Å². The number of ether oxygens (including phenoxy) is 1. The number of benzene rings is 2. The number of halogens is 1. The summed E-state index contributed by atoms with van der Waals surface area (Å²) in [5.74, 6) is 1.48. The van der Waals surface area contributed by atoms with Crippen LogP contribution in [0.4, 0.5) is 0 Å². The molecule has 0 amide bonds. The number of hydrogen-bond acceptors (Lipinski definition) is 2. The fourth-order valence-corrected chi connectivity index (χ4v) is 2.38. The Bertz CT molecular complexity index is 569. The molecule has 2 nitrogen and oxygen atoms in total. The topological polar surface area (TPSA) is 21.3 Å². The summed E-state index contributed by atoms with van der Waals surface area (Å²) in [5, 5.41) is 3.45. The third kappa shape index (κ3) is 3.99. The van der Waals surface area contributed by atoms with Crippen LogP contribution in [0.5, 0.6) is 5.75 Å². The van der Waals surface area contributed by atoms with Gasteiger partial charge in [0.15, 0.2) is 0 Å². The van der Waals surface area contributed by atoms with E-state index in [1.54, 1.807) is 7.11 Å². The van der Waals surface area contributed by atoms with E-state index in [0.717, 1.165) is 24.4 Å². The second-order valence-corrected chi connectivity index (χ2v) is 5.14. The van der Waals surface area contributed by atoms with Crippen molar-refractivity contribution in [1.82, 2.24) is 5.32 Å². The Morgan fingerprint density at radius 1 is 1.05 bits per heavy atom. The molecule has 0 bridgehead atoms. The minimum absolute atomic E-state index is 0.555. The van der Waals surface area contributed by atoms with E-state index < -0.39 is 0 Å². The van der Waals surface area contributed by atoms with Gasteiger partial charge in [0.2, 0.25) is 0 Å². The van der Waals surface area contributed by atoms with Crippen molar-refractivity contribution in [3.8, 4) is 5.75 Å². The molecule has 0 saturated carbocycles. The number of hydrogen-bond donors (Lipinski definition) is 1. The highest BCUT2D eigenvalue weighted by Crippen LogP contribution is 2.19. The lowest BCUT2D eigenvalue weighted by Crippen LogP contribution is -2.13. The molecule has 0 saturated heterocycles. The minimum Gasteiger partial charge on any atom is -0.496 e. The van der Waals surface area contributed by atoms with Gasteiger partial charge < -0.3 is 10.1 Å². The Hall–Kier alpha value is -1.51. The highest BCUT2D eigenvalue weighted by Gasteiger charge is 2.03. The molecule has 20 heavy (non-hydrogen) atoms. The molecular weight excluding hydrogens is 270 g/mol. The van der Waals surface area contributed by atoms with Gasteiger partial charge in [0.25, 0.3) is 0 Å². The molecule has 0 aromatic heterocycles. The molecule has 0 aliphatic heterocycles. The van der Waals surface area contributed by atoms with Crippen molar-refractivity contribution in [1.29, 1.82) is 0 Å². The SMILES string of the molecule is COc1ccc(C)cc1CNCc1cccc(CCl)c1. The van der Waals surface area contributed by atoms with Crippen LogP contribution in [0.1, 0.15) is 22.3 Å². The lowest BCUT2D eigenvalue weighted by atomic mass is 10.1. The molecule has 0 heterocycles. The minimum atomic E-state index is 0.555. The van der Waals surface area contributed by atoms with Crippen molar-refractivity contribution in [2.75, 3.05) is 7.11 Å². The van der Waals surface area contributed by atoms with Crippen molar-refractivity contribution in [3.63, 3.8) is 0 Å². The number of alkyl halides is 1. The molecule has 2 rings (SSSR count). The highest BCUT2D eigenvalue weighted by molar-refractivity contribution is 6.17. The summed E-state index contributed by atoms with van der Waals surface area (Å²) in [5.41, 5.74) is 4.82. The van der Waals surface area contributed by atoms with E-state index in [1.165, 1.54) is 16.7 Å². The molecule has 0 aliphatic rings. The van der Waals surface area contributed by atoms with Gasteiger partial charge >= 0.3 is 0 Å². The van der Waals surface area contributed by atoms with Crippen molar-refractivity contribution < 1.29 is 4.74 Å². The predicted octanol–water partition coefficient (Wildman–Crippen LogP) is 4.03. The fraction of sp³-hybridized carbons (Fsp3) is 0.294. The van der Waals surface area contributed by atoms with E-state index in [2.05, 4.69) is 36.5 Å². The molecule has 0 atom stereocenters. The number of methoxy groups -OCH3 is 1. The Balaban J connectivity index is 1.97. The van der Waals surface area contributed by atoms with Crippen LogP contribution in [0.3, 0.4) is 0 Å². The Morgan fingerprint density at radius 2 is 1.85 bits per heavy atom. The maximum absolute atomic E-state index is 5.85. The zero-order valence-electron chi connectivity index (χ0n) is 11.9. The van der Waals surface area contributed by atoms with Crippen LogP contribution in [0.15, 0.2) is 42.5 Å². The first-order valence-corrected chi connectivity index (χ1v) is 7.24. The molecule has 1 N–H and O–H groups in total. The first-order valence-electron chi connectivity index (χ1n) is 6.71. The Morgan fingerprint density at radius 3 is 2.60 bits per heavy atom. The monoisotopic (exact) mass is 289 g/mol. The van der Waals surface area contributed by atoms with Crippen LogP contribution in [-0.2, 0) is 19.0 Å². The third-order valence-corrected chi connectivity index (χ3v) is 3.53. The van der Waals surface area contributed by atoms with Crippen LogP contribution in [0, 0.1) is 6.92 Å². The van der Waals surface area contributed by atoms with Gasteiger partial charge in [-0.15, -0.1) is 11.6 Å². The molecule has 106 valence electrons. The lowest BCUT2D eigenvalue weighted by molar-refractivity contribution is 0.407. The average Bonchev–Trinajstić information content (AvgIpc) is 2.48. The summed E-state index contributed by atoms with van der Waals surface area (Å²) in [6, 6.07) is 14.6. The summed E-state index contributed by atoms with van der Waals surface area (Å²) < 4.78 is 5.38. The molecule has 0 fully saturated rings. The molecule has 3 heteroatoms. The zero-order valence-corrected chi connectivity index (χ0v) is 12.7. The quantitative estimate of drug-likeness (QED) is 0.811. The summed E-state index contributed by atoms with van der Waals surface area (Å²) >= 11 is 5.85. The maximum atomic E-state index is 5.85. The standard InChI is InChI=1S/C17H20ClNO/c1-13-6-7-17(20-2)16(8-13)12-19-11-15-5-3-4-14(9-15)10-18/h3-9,19H,10-12H2,1-2H3. The fourth-order valence-electron chi connectivity index (χ4n) is 2.21. The molecule has 2 aromatic carbocycles. The normalized spacial score (nSPS) is 10.6. The second kappa shape index (κ2) is 7.32. The van der Waals surface area contributed by atoms with Crippen molar-refractivity contribution in [2.45, 2.75) is 25.9 Å². The van der Waals surface area contributed by atoms with E-state index >= 15 is 0 Å². The maximum Gasteiger partial charge on any atom is 0.123 e. The molecule has 0 unspecified atom stereocenters. The van der Waals surface area contributed by atoms with E-state index in [1.807, 2.05) is 18.2 Å². The van der Waals surface area contributed by atoms with Gasteiger partial charge in [-0.25, -0.2) is 0 Å². The van der Waals surface area contributed by atoms with E-state index in [4.69, 9.17) is 16.3 Å². The first kappa shape index (κ1) is 14.9. The third-order valence-electron chi connectivity index (χ3n) is 3.23. The summed E-state index contributed by atoms with van der Waals surface area (Å²) in [6.45, 7) is 3.70. The average molecular weight is 290 g/mol. The highest BCUT2D eigenvalue weighted by atomic mass is 35.5. The summed E-state index contributed by atoms with van der Waals surface area (Å²) in [4.78, 5) is 0. The van der Waals surface area contributed by atoms with Gasteiger partial charge in [-0.05, 0) is 24.1 Å². The van der Waals surface area contributed by atoms with Crippen LogP contribution < -0.4 is 10.1 Å². The number of nitrogens with one attached hydrogen (secondary N) is 1.